The topological polar surface area (TPSA) is 87.7 Å². The number of piperidine rings is 1. The minimum atomic E-state index is -0.915. The molecule has 10 heteroatoms. The van der Waals surface area contributed by atoms with Gasteiger partial charge in [0.2, 0.25) is 11.8 Å². The maximum Gasteiger partial charge on any atom is 0.256 e. The number of amides is 3. The summed E-state index contributed by atoms with van der Waals surface area (Å²) in [5.74, 6) is -2.59. The van der Waals surface area contributed by atoms with Crippen molar-refractivity contribution < 1.29 is 27.9 Å². The van der Waals surface area contributed by atoms with Gasteiger partial charge in [0.15, 0.2) is 0 Å². The largest absolute Gasteiger partial charge is 0.493 e. The molecule has 1 aliphatic rings. The van der Waals surface area contributed by atoms with Gasteiger partial charge in [-0.1, -0.05) is 11.6 Å². The van der Waals surface area contributed by atoms with Gasteiger partial charge in [0.05, 0.1) is 12.2 Å². The highest BCUT2D eigenvalue weighted by Crippen LogP contribution is 2.22. The summed E-state index contributed by atoms with van der Waals surface area (Å²) in [7, 11) is 0. The number of rotatable bonds is 7. The minimum absolute atomic E-state index is 0.170. The molecule has 0 atom stereocenters. The third-order valence-corrected chi connectivity index (χ3v) is 5.82. The predicted octanol–water partition coefficient (Wildman–Crippen LogP) is 3.79. The number of ether oxygens (including phenoxy) is 1. The van der Waals surface area contributed by atoms with Crippen molar-refractivity contribution in [2.45, 2.75) is 32.6 Å². The number of hydrazine groups is 1. The minimum Gasteiger partial charge on any atom is -0.493 e. The fraction of sp³-hybridized carbons (Fsp3) is 0.375. The van der Waals surface area contributed by atoms with E-state index in [1.807, 2.05) is 6.92 Å². The van der Waals surface area contributed by atoms with Gasteiger partial charge in [-0.2, -0.15) is 0 Å². The number of nitrogens with zero attached hydrogens (tertiary/aromatic N) is 1. The zero-order valence-electron chi connectivity index (χ0n) is 18.7. The number of hydrogen-bond donors (Lipinski definition) is 2. The molecule has 1 heterocycles. The quantitative estimate of drug-likeness (QED) is 0.454. The molecule has 3 rings (SSSR count). The predicted molar refractivity (Wildman–Crippen MR) is 122 cm³/mol. The molecule has 2 aromatic carbocycles. The Labute approximate surface area is 201 Å². The molecule has 0 bridgehead atoms. The molecule has 2 N–H and O–H groups in total. The zero-order valence-corrected chi connectivity index (χ0v) is 19.5. The Morgan fingerprint density at radius 3 is 2.50 bits per heavy atom. The lowest BCUT2D eigenvalue weighted by Crippen LogP contribution is -2.48. The first-order valence-electron chi connectivity index (χ1n) is 11.0. The molecule has 34 heavy (non-hydrogen) atoms. The van der Waals surface area contributed by atoms with Crippen molar-refractivity contribution >= 4 is 29.3 Å². The van der Waals surface area contributed by atoms with Crippen LogP contribution in [0.2, 0.25) is 5.02 Å². The number of carbonyl (C=O) groups is 3. The number of halogens is 3. The van der Waals surface area contributed by atoms with Crippen LogP contribution in [0.25, 0.3) is 0 Å². The third-order valence-electron chi connectivity index (χ3n) is 5.58. The molecule has 0 saturated carbocycles. The lowest BCUT2D eigenvalue weighted by atomic mass is 9.95. The second-order valence-corrected chi connectivity index (χ2v) is 8.53. The van der Waals surface area contributed by atoms with Gasteiger partial charge in [0.25, 0.3) is 5.91 Å². The first kappa shape index (κ1) is 25.4. The normalized spacial score (nSPS) is 13.9. The molecule has 1 fully saturated rings. The summed E-state index contributed by atoms with van der Waals surface area (Å²) in [6, 6.07) is 8.11. The van der Waals surface area contributed by atoms with Gasteiger partial charge >= 0.3 is 0 Å². The summed E-state index contributed by atoms with van der Waals surface area (Å²) in [6.45, 7) is 2.72. The van der Waals surface area contributed by atoms with Crippen molar-refractivity contribution in [1.29, 1.82) is 0 Å². The van der Waals surface area contributed by atoms with E-state index in [4.69, 9.17) is 16.3 Å². The van der Waals surface area contributed by atoms with E-state index < -0.39 is 23.5 Å². The summed E-state index contributed by atoms with van der Waals surface area (Å²) < 4.78 is 32.6. The number of hydrogen-bond acceptors (Lipinski definition) is 4. The molecule has 3 amide bonds. The number of benzene rings is 2. The van der Waals surface area contributed by atoms with Gasteiger partial charge in [0.1, 0.15) is 17.4 Å². The highest BCUT2D eigenvalue weighted by molar-refractivity contribution is 6.30. The summed E-state index contributed by atoms with van der Waals surface area (Å²) in [4.78, 5) is 38.2. The van der Waals surface area contributed by atoms with Gasteiger partial charge in [-0.25, -0.2) is 8.78 Å². The molecule has 0 spiro atoms. The maximum absolute atomic E-state index is 13.9. The van der Waals surface area contributed by atoms with Crippen LogP contribution in [0.3, 0.4) is 0 Å². The lowest BCUT2D eigenvalue weighted by Gasteiger charge is -2.31. The van der Waals surface area contributed by atoms with E-state index >= 15 is 0 Å². The molecular formula is C24H26ClF2N3O4. The molecule has 2 aromatic rings. The molecule has 0 aliphatic carbocycles. The van der Waals surface area contributed by atoms with Crippen molar-refractivity contribution in [2.75, 3.05) is 19.7 Å². The van der Waals surface area contributed by atoms with Crippen LogP contribution < -0.4 is 15.6 Å². The van der Waals surface area contributed by atoms with Gasteiger partial charge in [0, 0.05) is 36.5 Å². The van der Waals surface area contributed by atoms with E-state index in [2.05, 4.69) is 10.9 Å². The average molecular weight is 494 g/mol. The van der Waals surface area contributed by atoms with E-state index in [0.29, 0.717) is 42.7 Å². The third kappa shape index (κ3) is 6.90. The number of carbonyl (C=O) groups excluding carboxylic acids is 3. The highest BCUT2D eigenvalue weighted by atomic mass is 35.5. The van der Waals surface area contributed by atoms with Crippen molar-refractivity contribution in [3.05, 3.63) is 64.2 Å². The molecule has 1 aliphatic heterocycles. The van der Waals surface area contributed by atoms with E-state index in [0.717, 1.165) is 17.7 Å². The van der Waals surface area contributed by atoms with Crippen LogP contribution >= 0.6 is 11.6 Å². The van der Waals surface area contributed by atoms with E-state index in [-0.39, 0.29) is 36.9 Å². The average Bonchev–Trinajstić information content (AvgIpc) is 2.81. The summed E-state index contributed by atoms with van der Waals surface area (Å²) in [5, 5.41) is 0.624. The summed E-state index contributed by atoms with van der Waals surface area (Å²) in [6.07, 6.45) is 1.36. The van der Waals surface area contributed by atoms with Crippen LogP contribution in [0.4, 0.5) is 8.78 Å². The summed E-state index contributed by atoms with van der Waals surface area (Å²) in [5.41, 5.74) is 5.51. The Kier molecular flexibility index (Phi) is 8.81. The molecule has 1 saturated heterocycles. The number of aryl methyl sites for hydroxylation is 1. The fourth-order valence-electron chi connectivity index (χ4n) is 3.66. The van der Waals surface area contributed by atoms with Crippen molar-refractivity contribution in [2.24, 2.45) is 5.92 Å². The van der Waals surface area contributed by atoms with Gasteiger partial charge in [-0.05, 0) is 62.1 Å². The number of nitrogens with one attached hydrogen (secondary N) is 2. The first-order chi connectivity index (χ1) is 16.2. The standard InChI is InChI=1S/C24H26ClF2N3O4/c1-15-13-17(25)4-7-21(15)34-12-2-3-22(31)28-29-23(32)16-8-10-30(11-9-16)24(33)19-6-5-18(26)14-20(19)27/h4-7,13-14,16H,2-3,8-12H2,1H3,(H,28,31)(H,29,32). The molecule has 182 valence electrons. The molecule has 0 aromatic heterocycles. The Bertz CT molecular complexity index is 1060. The van der Waals surface area contributed by atoms with Crippen LogP contribution in [-0.4, -0.2) is 42.3 Å². The first-order valence-corrected chi connectivity index (χ1v) is 11.3. The monoisotopic (exact) mass is 493 g/mol. The van der Waals surface area contributed by atoms with E-state index in [1.54, 1.807) is 18.2 Å². The Balaban J connectivity index is 1.34. The summed E-state index contributed by atoms with van der Waals surface area (Å²) >= 11 is 5.91. The maximum atomic E-state index is 13.9. The second-order valence-electron chi connectivity index (χ2n) is 8.09. The molecule has 0 unspecified atom stereocenters. The van der Waals surface area contributed by atoms with Crippen LogP contribution in [0.15, 0.2) is 36.4 Å². The smallest absolute Gasteiger partial charge is 0.256 e. The second kappa shape index (κ2) is 11.8. The van der Waals surface area contributed by atoms with Crippen molar-refractivity contribution in [1.82, 2.24) is 15.8 Å². The molecule has 0 radical (unpaired) electrons. The van der Waals surface area contributed by atoms with Crippen LogP contribution in [-0.2, 0) is 9.59 Å². The highest BCUT2D eigenvalue weighted by Gasteiger charge is 2.29. The molecular weight excluding hydrogens is 468 g/mol. The molecule has 7 nitrogen and oxygen atoms in total. The van der Waals surface area contributed by atoms with Crippen LogP contribution in [0.1, 0.15) is 41.6 Å². The zero-order chi connectivity index (χ0) is 24.7. The van der Waals surface area contributed by atoms with Crippen molar-refractivity contribution in [3.63, 3.8) is 0 Å². The van der Waals surface area contributed by atoms with E-state index in [1.165, 1.54) is 4.90 Å². The van der Waals surface area contributed by atoms with E-state index in [9.17, 15) is 23.2 Å². The Morgan fingerprint density at radius 1 is 1.09 bits per heavy atom. The Hall–Kier alpha value is -3.20. The van der Waals surface area contributed by atoms with Crippen molar-refractivity contribution in [3.8, 4) is 5.75 Å². The Morgan fingerprint density at radius 2 is 1.82 bits per heavy atom. The number of likely N-dealkylation sites (tertiary alicyclic amines) is 1. The van der Waals surface area contributed by atoms with Crippen LogP contribution in [0.5, 0.6) is 5.75 Å². The van der Waals surface area contributed by atoms with Gasteiger partial charge in [-0.3, -0.25) is 25.2 Å². The van der Waals surface area contributed by atoms with Crippen LogP contribution in [0, 0.1) is 24.5 Å². The van der Waals surface area contributed by atoms with Gasteiger partial charge in [-0.15, -0.1) is 0 Å². The lowest BCUT2D eigenvalue weighted by molar-refractivity contribution is -0.132. The fourth-order valence-corrected chi connectivity index (χ4v) is 3.89. The SMILES string of the molecule is Cc1cc(Cl)ccc1OCCCC(=O)NNC(=O)C1CCN(C(=O)c2ccc(F)cc2F)CC1. The van der Waals surface area contributed by atoms with Gasteiger partial charge < -0.3 is 9.64 Å².